The lowest BCUT2D eigenvalue weighted by molar-refractivity contribution is 0.502. The van der Waals surface area contributed by atoms with Gasteiger partial charge in [0.05, 0.1) is 6.20 Å². The molecule has 16 heavy (non-hydrogen) atoms. The van der Waals surface area contributed by atoms with Gasteiger partial charge in [-0.1, -0.05) is 19.1 Å². The summed E-state index contributed by atoms with van der Waals surface area (Å²) < 4.78 is 28.8. The minimum absolute atomic E-state index is 0.253. The molecule has 0 aliphatic carbocycles. The minimum Gasteiger partial charge on any atom is -0.275 e. The van der Waals surface area contributed by atoms with E-state index in [-0.39, 0.29) is 5.56 Å². The van der Waals surface area contributed by atoms with Gasteiger partial charge in [0.15, 0.2) is 11.6 Å². The monoisotopic (exact) mass is 222 g/mol. The predicted molar refractivity (Wildman–Crippen MR) is 57.9 cm³/mol. The molecule has 0 fully saturated rings. The Labute approximate surface area is 92.5 Å². The van der Waals surface area contributed by atoms with Crippen LogP contribution in [0.15, 0.2) is 24.5 Å². The quantitative estimate of drug-likeness (QED) is 0.763. The number of hydrogen-bond donors (Lipinski definition) is 0. The van der Waals surface area contributed by atoms with Crippen LogP contribution in [0, 0.1) is 11.6 Å². The molecule has 4 heteroatoms. The zero-order valence-electron chi connectivity index (χ0n) is 9.17. The van der Waals surface area contributed by atoms with Crippen molar-refractivity contribution < 1.29 is 8.78 Å². The molecule has 0 atom stereocenters. The van der Waals surface area contributed by atoms with E-state index in [1.165, 1.54) is 6.20 Å². The number of hydrogen-bond acceptors (Lipinski definition) is 1. The van der Waals surface area contributed by atoms with Crippen LogP contribution in [0.3, 0.4) is 0 Å². The molecule has 84 valence electrons. The van der Waals surface area contributed by atoms with Crippen LogP contribution in [-0.4, -0.2) is 9.78 Å². The van der Waals surface area contributed by atoms with Crippen LogP contribution in [0.25, 0.3) is 11.1 Å². The van der Waals surface area contributed by atoms with Crippen LogP contribution in [0.1, 0.15) is 12.5 Å². The first-order valence-electron chi connectivity index (χ1n) is 5.09. The number of nitrogens with zero attached hydrogens (tertiary/aromatic N) is 2. The highest BCUT2D eigenvalue weighted by molar-refractivity contribution is 5.63. The Kier molecular flexibility index (Phi) is 2.73. The van der Waals surface area contributed by atoms with E-state index >= 15 is 0 Å². The van der Waals surface area contributed by atoms with Gasteiger partial charge in [-0.2, -0.15) is 5.10 Å². The van der Waals surface area contributed by atoms with Gasteiger partial charge in [-0.3, -0.25) is 4.68 Å². The first-order valence-corrected chi connectivity index (χ1v) is 5.09. The number of aromatic nitrogens is 2. The van der Waals surface area contributed by atoms with E-state index in [1.807, 2.05) is 0 Å². The zero-order valence-corrected chi connectivity index (χ0v) is 9.17. The largest absolute Gasteiger partial charge is 0.275 e. The standard InChI is InChI=1S/C12H12F2N2/c1-3-8-4-5-10(12(14)11(8)13)9-6-15-16(2)7-9/h4-7H,3H2,1-2H3. The highest BCUT2D eigenvalue weighted by Gasteiger charge is 2.14. The lowest BCUT2D eigenvalue weighted by Gasteiger charge is -2.05. The summed E-state index contributed by atoms with van der Waals surface area (Å²) in [4.78, 5) is 0. The molecule has 0 amide bonds. The van der Waals surface area contributed by atoms with Gasteiger partial charge in [0.2, 0.25) is 0 Å². The summed E-state index contributed by atoms with van der Waals surface area (Å²) >= 11 is 0. The Balaban J connectivity index is 2.55. The highest BCUT2D eigenvalue weighted by Crippen LogP contribution is 2.25. The van der Waals surface area contributed by atoms with E-state index in [1.54, 1.807) is 37.0 Å². The average molecular weight is 222 g/mol. The average Bonchev–Trinajstić information content (AvgIpc) is 2.69. The van der Waals surface area contributed by atoms with Crippen molar-refractivity contribution in [3.05, 3.63) is 41.7 Å². The smallest absolute Gasteiger partial charge is 0.167 e. The Hall–Kier alpha value is -1.71. The first-order chi connectivity index (χ1) is 7.63. The van der Waals surface area contributed by atoms with E-state index in [0.29, 0.717) is 17.5 Å². The number of benzene rings is 1. The van der Waals surface area contributed by atoms with E-state index in [0.717, 1.165) is 0 Å². The van der Waals surface area contributed by atoms with Crippen molar-refractivity contribution in [1.29, 1.82) is 0 Å². The van der Waals surface area contributed by atoms with E-state index in [2.05, 4.69) is 5.10 Å². The Morgan fingerprint density at radius 2 is 2.00 bits per heavy atom. The topological polar surface area (TPSA) is 17.8 Å². The maximum Gasteiger partial charge on any atom is 0.167 e. The molecule has 2 nitrogen and oxygen atoms in total. The lowest BCUT2D eigenvalue weighted by atomic mass is 10.0. The Morgan fingerprint density at radius 3 is 2.56 bits per heavy atom. The summed E-state index contributed by atoms with van der Waals surface area (Å²) in [7, 11) is 1.73. The van der Waals surface area contributed by atoms with Crippen molar-refractivity contribution in [1.82, 2.24) is 9.78 Å². The maximum absolute atomic E-state index is 13.7. The van der Waals surface area contributed by atoms with Crippen molar-refractivity contribution in [3.63, 3.8) is 0 Å². The van der Waals surface area contributed by atoms with Crippen LogP contribution < -0.4 is 0 Å². The van der Waals surface area contributed by atoms with Crippen LogP contribution >= 0.6 is 0 Å². The zero-order chi connectivity index (χ0) is 11.7. The van der Waals surface area contributed by atoms with Gasteiger partial charge >= 0.3 is 0 Å². The summed E-state index contributed by atoms with van der Waals surface area (Å²) in [5.41, 5.74) is 1.23. The molecule has 0 aliphatic rings. The number of halogens is 2. The van der Waals surface area contributed by atoms with Gasteiger partial charge in [0.1, 0.15) is 0 Å². The minimum atomic E-state index is -0.799. The molecule has 1 aromatic carbocycles. The molecule has 2 aromatic rings. The molecular formula is C12H12F2N2. The molecule has 0 saturated heterocycles. The molecule has 1 aromatic heterocycles. The predicted octanol–water partition coefficient (Wildman–Crippen LogP) is 2.93. The van der Waals surface area contributed by atoms with Crippen LogP contribution in [0.2, 0.25) is 0 Å². The van der Waals surface area contributed by atoms with Gasteiger partial charge in [0.25, 0.3) is 0 Å². The summed E-state index contributed by atoms with van der Waals surface area (Å²) in [6.45, 7) is 1.79. The van der Waals surface area contributed by atoms with E-state index < -0.39 is 11.6 Å². The van der Waals surface area contributed by atoms with Gasteiger partial charge in [-0.05, 0) is 12.0 Å². The fourth-order valence-corrected chi connectivity index (χ4v) is 1.65. The normalized spacial score (nSPS) is 10.8. The third kappa shape index (κ3) is 1.71. The lowest BCUT2D eigenvalue weighted by Crippen LogP contribution is -1.95. The SMILES string of the molecule is CCc1ccc(-c2cnn(C)c2)c(F)c1F. The third-order valence-electron chi connectivity index (χ3n) is 2.56. The molecule has 0 aliphatic heterocycles. The first kappa shape index (κ1) is 10.8. The van der Waals surface area contributed by atoms with Gasteiger partial charge in [-0.25, -0.2) is 8.78 Å². The summed E-state index contributed by atoms with van der Waals surface area (Å²) in [6, 6.07) is 3.20. The maximum atomic E-state index is 13.7. The Morgan fingerprint density at radius 1 is 1.25 bits per heavy atom. The van der Waals surface area contributed by atoms with Crippen molar-refractivity contribution in [2.45, 2.75) is 13.3 Å². The summed E-state index contributed by atoms with van der Waals surface area (Å²) in [5.74, 6) is -1.56. The number of aryl methyl sites for hydroxylation is 2. The second kappa shape index (κ2) is 4.04. The molecule has 0 spiro atoms. The molecule has 1 heterocycles. The van der Waals surface area contributed by atoms with E-state index in [4.69, 9.17) is 0 Å². The molecule has 0 unspecified atom stereocenters. The van der Waals surface area contributed by atoms with Crippen molar-refractivity contribution in [3.8, 4) is 11.1 Å². The summed E-state index contributed by atoms with van der Waals surface area (Å²) in [6.07, 6.45) is 3.66. The summed E-state index contributed by atoms with van der Waals surface area (Å²) in [5, 5.41) is 3.93. The van der Waals surface area contributed by atoms with E-state index in [9.17, 15) is 8.78 Å². The third-order valence-corrected chi connectivity index (χ3v) is 2.56. The number of rotatable bonds is 2. The molecular weight excluding hydrogens is 210 g/mol. The second-order valence-electron chi connectivity index (χ2n) is 3.66. The second-order valence-corrected chi connectivity index (χ2v) is 3.66. The molecule has 2 rings (SSSR count). The Bertz CT molecular complexity index is 518. The fourth-order valence-electron chi connectivity index (χ4n) is 1.65. The van der Waals surface area contributed by atoms with Crippen LogP contribution in [-0.2, 0) is 13.5 Å². The van der Waals surface area contributed by atoms with Crippen LogP contribution in [0.5, 0.6) is 0 Å². The molecule has 0 N–H and O–H groups in total. The fraction of sp³-hybridized carbons (Fsp3) is 0.250. The van der Waals surface area contributed by atoms with Crippen molar-refractivity contribution in [2.24, 2.45) is 7.05 Å². The van der Waals surface area contributed by atoms with Gasteiger partial charge in [0, 0.05) is 24.4 Å². The molecule has 0 radical (unpaired) electrons. The van der Waals surface area contributed by atoms with Gasteiger partial charge < -0.3 is 0 Å². The van der Waals surface area contributed by atoms with Gasteiger partial charge in [-0.15, -0.1) is 0 Å². The molecule has 0 bridgehead atoms. The molecule has 0 saturated carbocycles. The highest BCUT2D eigenvalue weighted by atomic mass is 19.2. The van der Waals surface area contributed by atoms with Crippen molar-refractivity contribution in [2.75, 3.05) is 0 Å². The van der Waals surface area contributed by atoms with Crippen LogP contribution in [0.4, 0.5) is 8.78 Å². The van der Waals surface area contributed by atoms with Crippen molar-refractivity contribution >= 4 is 0 Å².